The summed E-state index contributed by atoms with van der Waals surface area (Å²) in [7, 11) is 0. The number of rotatable bonds is 3. The summed E-state index contributed by atoms with van der Waals surface area (Å²) in [6.45, 7) is 0.928. The minimum Gasteiger partial charge on any atom is -0.393 e. The van der Waals surface area contributed by atoms with Gasteiger partial charge in [-0.1, -0.05) is 48.5 Å². The van der Waals surface area contributed by atoms with Crippen molar-refractivity contribution in [1.29, 1.82) is 0 Å². The molecule has 1 saturated heterocycles. The normalized spacial score (nSPS) is 16.4. The Hall–Kier alpha value is -2.76. The van der Waals surface area contributed by atoms with Crippen molar-refractivity contribution in [2.45, 2.75) is 25.0 Å². The third-order valence-electron chi connectivity index (χ3n) is 5.12. The maximum atomic E-state index is 12.9. The van der Waals surface area contributed by atoms with Crippen molar-refractivity contribution in [2.75, 3.05) is 13.1 Å². The molecular formula is C22H22N2O3. The Kier molecular flexibility index (Phi) is 4.88. The Bertz CT molecular complexity index is 950. The highest BCUT2D eigenvalue weighted by Gasteiger charge is 2.28. The number of hydrogen-bond acceptors (Lipinski definition) is 4. The van der Waals surface area contributed by atoms with Gasteiger partial charge >= 0.3 is 0 Å². The molecule has 138 valence electrons. The number of benzene rings is 2. The largest absolute Gasteiger partial charge is 0.393 e. The van der Waals surface area contributed by atoms with Crippen LogP contribution in [0, 0.1) is 0 Å². The van der Waals surface area contributed by atoms with Gasteiger partial charge in [0.2, 0.25) is 0 Å². The predicted molar refractivity (Wildman–Crippen MR) is 104 cm³/mol. The molecule has 0 bridgehead atoms. The lowest BCUT2D eigenvalue weighted by molar-refractivity contribution is -0.142. The van der Waals surface area contributed by atoms with E-state index in [2.05, 4.69) is 0 Å². The van der Waals surface area contributed by atoms with E-state index in [1.165, 1.54) is 0 Å². The van der Waals surface area contributed by atoms with E-state index in [9.17, 15) is 15.0 Å². The molecule has 2 N–H and O–H groups in total. The van der Waals surface area contributed by atoms with Gasteiger partial charge in [0.15, 0.2) is 6.10 Å². The van der Waals surface area contributed by atoms with E-state index in [0.717, 1.165) is 22.2 Å². The first-order valence-corrected chi connectivity index (χ1v) is 9.23. The first kappa shape index (κ1) is 17.6. The number of aliphatic hydroxyl groups excluding tert-OH is 2. The van der Waals surface area contributed by atoms with E-state index in [1.54, 1.807) is 11.0 Å². The molecule has 0 saturated carbocycles. The molecular weight excluding hydrogens is 340 g/mol. The number of carbonyl (C=O) groups is 1. The fourth-order valence-corrected chi connectivity index (χ4v) is 3.58. The summed E-state index contributed by atoms with van der Waals surface area (Å²) < 4.78 is 0. The molecule has 2 heterocycles. The molecule has 0 spiro atoms. The van der Waals surface area contributed by atoms with Gasteiger partial charge < -0.3 is 15.1 Å². The second kappa shape index (κ2) is 7.47. The molecule has 1 aliphatic rings. The van der Waals surface area contributed by atoms with Crippen molar-refractivity contribution >= 4 is 16.8 Å². The zero-order valence-electron chi connectivity index (χ0n) is 15.0. The van der Waals surface area contributed by atoms with E-state index in [4.69, 9.17) is 4.98 Å². The standard InChI is InChI=1S/C22H22N2O3/c25-16-10-12-24(13-11-16)22(27)21(26)18-14-20(15-6-2-1-3-7-15)23-19-9-5-4-8-17(18)19/h1-9,14,16,21,25-26H,10-13H2. The number of hydrogen-bond donors (Lipinski definition) is 2. The van der Waals surface area contributed by atoms with Crippen LogP contribution in [0.4, 0.5) is 0 Å². The topological polar surface area (TPSA) is 73.7 Å². The van der Waals surface area contributed by atoms with Gasteiger partial charge in [-0.05, 0) is 25.0 Å². The van der Waals surface area contributed by atoms with E-state index < -0.39 is 6.10 Å². The maximum Gasteiger partial charge on any atom is 0.256 e. The summed E-state index contributed by atoms with van der Waals surface area (Å²) in [4.78, 5) is 19.2. The van der Waals surface area contributed by atoms with Crippen LogP contribution in [0.2, 0.25) is 0 Å². The molecule has 5 nitrogen and oxygen atoms in total. The summed E-state index contributed by atoms with van der Waals surface area (Å²) >= 11 is 0. The fourth-order valence-electron chi connectivity index (χ4n) is 3.58. The highest BCUT2D eigenvalue weighted by atomic mass is 16.3. The van der Waals surface area contributed by atoms with Gasteiger partial charge in [-0.25, -0.2) is 4.98 Å². The molecule has 3 aromatic rings. The number of nitrogens with zero attached hydrogens (tertiary/aromatic N) is 2. The van der Waals surface area contributed by atoms with Crippen LogP contribution in [-0.2, 0) is 4.79 Å². The molecule has 27 heavy (non-hydrogen) atoms. The Morgan fingerprint density at radius 3 is 2.44 bits per heavy atom. The van der Waals surface area contributed by atoms with E-state index >= 15 is 0 Å². The van der Waals surface area contributed by atoms with Crippen LogP contribution >= 0.6 is 0 Å². The lowest BCUT2D eigenvalue weighted by Gasteiger charge is -2.31. The van der Waals surface area contributed by atoms with Gasteiger partial charge in [0.1, 0.15) is 0 Å². The fraction of sp³-hybridized carbons (Fsp3) is 0.273. The summed E-state index contributed by atoms with van der Waals surface area (Å²) in [5.74, 6) is -0.322. The summed E-state index contributed by atoms with van der Waals surface area (Å²) in [6, 6.07) is 19.1. The molecule has 1 atom stereocenters. The highest BCUT2D eigenvalue weighted by molar-refractivity contribution is 5.92. The number of para-hydroxylation sites is 1. The van der Waals surface area contributed by atoms with Crippen LogP contribution in [-0.4, -0.2) is 45.2 Å². The van der Waals surface area contributed by atoms with Crippen molar-refractivity contribution in [3.05, 3.63) is 66.2 Å². The third-order valence-corrected chi connectivity index (χ3v) is 5.12. The van der Waals surface area contributed by atoms with Crippen molar-refractivity contribution in [3.63, 3.8) is 0 Å². The molecule has 0 aliphatic carbocycles. The Morgan fingerprint density at radius 1 is 1.04 bits per heavy atom. The van der Waals surface area contributed by atoms with Gasteiger partial charge in [0.25, 0.3) is 5.91 Å². The number of piperidine rings is 1. The second-order valence-corrected chi connectivity index (χ2v) is 6.94. The molecule has 1 aliphatic heterocycles. The first-order valence-electron chi connectivity index (χ1n) is 9.23. The van der Waals surface area contributed by atoms with Crippen LogP contribution in [0.3, 0.4) is 0 Å². The quantitative estimate of drug-likeness (QED) is 0.751. The zero-order valence-corrected chi connectivity index (χ0v) is 15.0. The lowest BCUT2D eigenvalue weighted by Crippen LogP contribution is -2.42. The SMILES string of the molecule is O=C(C(O)c1cc(-c2ccccc2)nc2ccccc12)N1CCC(O)CC1. The number of pyridine rings is 1. The summed E-state index contributed by atoms with van der Waals surface area (Å²) in [6.07, 6.45) is -0.524. The van der Waals surface area contributed by atoms with Gasteiger partial charge in [0, 0.05) is 29.6 Å². The Labute approximate surface area is 157 Å². The minimum absolute atomic E-state index is 0.322. The van der Waals surface area contributed by atoms with Crippen molar-refractivity contribution in [2.24, 2.45) is 0 Å². The second-order valence-electron chi connectivity index (χ2n) is 6.94. The molecule has 0 radical (unpaired) electrons. The predicted octanol–water partition coefficient (Wildman–Crippen LogP) is 2.92. The molecule has 4 rings (SSSR count). The number of aliphatic hydroxyl groups is 2. The van der Waals surface area contributed by atoms with Crippen molar-refractivity contribution in [3.8, 4) is 11.3 Å². The van der Waals surface area contributed by atoms with Gasteiger partial charge in [-0.15, -0.1) is 0 Å². The van der Waals surface area contributed by atoms with E-state index in [-0.39, 0.29) is 12.0 Å². The number of carbonyl (C=O) groups excluding carboxylic acids is 1. The van der Waals surface area contributed by atoms with Crippen LogP contribution in [0.15, 0.2) is 60.7 Å². The Balaban J connectivity index is 1.74. The maximum absolute atomic E-state index is 12.9. The van der Waals surface area contributed by atoms with E-state index in [1.807, 2.05) is 54.6 Å². The molecule has 5 heteroatoms. The van der Waals surface area contributed by atoms with E-state index in [0.29, 0.717) is 31.5 Å². The summed E-state index contributed by atoms with van der Waals surface area (Å²) in [5.41, 5.74) is 2.97. The zero-order chi connectivity index (χ0) is 18.8. The highest BCUT2D eigenvalue weighted by Crippen LogP contribution is 2.30. The molecule has 1 unspecified atom stereocenters. The van der Waals surface area contributed by atoms with Crippen LogP contribution in [0.5, 0.6) is 0 Å². The molecule has 1 amide bonds. The van der Waals surface area contributed by atoms with Crippen LogP contribution in [0.25, 0.3) is 22.2 Å². The lowest BCUT2D eigenvalue weighted by atomic mass is 9.98. The smallest absolute Gasteiger partial charge is 0.256 e. The van der Waals surface area contributed by atoms with Gasteiger partial charge in [-0.3, -0.25) is 4.79 Å². The molecule has 1 aromatic heterocycles. The minimum atomic E-state index is -1.25. The van der Waals surface area contributed by atoms with Crippen LogP contribution < -0.4 is 0 Å². The van der Waals surface area contributed by atoms with Crippen molar-refractivity contribution in [1.82, 2.24) is 9.88 Å². The molecule has 2 aromatic carbocycles. The number of amides is 1. The third kappa shape index (κ3) is 3.56. The monoisotopic (exact) mass is 362 g/mol. The summed E-state index contributed by atoms with van der Waals surface area (Å²) in [5, 5.41) is 21.3. The van der Waals surface area contributed by atoms with Gasteiger partial charge in [0.05, 0.1) is 17.3 Å². The van der Waals surface area contributed by atoms with Crippen molar-refractivity contribution < 1.29 is 15.0 Å². The van der Waals surface area contributed by atoms with Gasteiger partial charge in [-0.2, -0.15) is 0 Å². The number of likely N-dealkylation sites (tertiary alicyclic amines) is 1. The first-order chi connectivity index (χ1) is 13.1. The van der Waals surface area contributed by atoms with Crippen LogP contribution in [0.1, 0.15) is 24.5 Å². The molecule has 1 fully saturated rings. The number of aromatic nitrogens is 1. The Morgan fingerprint density at radius 2 is 1.70 bits per heavy atom. The average Bonchev–Trinajstić information content (AvgIpc) is 2.73. The average molecular weight is 362 g/mol. The number of fused-ring (bicyclic) bond motifs is 1.